The number of anilines is 1. The molecule has 2 aliphatic rings. The van der Waals surface area contributed by atoms with E-state index in [1.165, 1.54) is 24.0 Å². The van der Waals surface area contributed by atoms with Gasteiger partial charge >= 0.3 is 0 Å². The molecule has 1 amide bonds. The molecule has 2 N–H and O–H groups in total. The Balaban J connectivity index is 1.82. The molecule has 0 bridgehead atoms. The summed E-state index contributed by atoms with van der Waals surface area (Å²) in [6.07, 6.45) is 7.82. The highest BCUT2D eigenvalue weighted by atomic mass is 16.3. The zero-order chi connectivity index (χ0) is 15.1. The van der Waals surface area contributed by atoms with Crippen molar-refractivity contribution in [3.63, 3.8) is 0 Å². The molecule has 0 unspecified atom stereocenters. The first-order chi connectivity index (χ1) is 10.7. The highest BCUT2D eigenvalue weighted by molar-refractivity contribution is 6.34. The summed E-state index contributed by atoms with van der Waals surface area (Å²) < 4.78 is 0. The van der Waals surface area contributed by atoms with E-state index in [-0.39, 0.29) is 11.7 Å². The Labute approximate surface area is 128 Å². The summed E-state index contributed by atoms with van der Waals surface area (Å²) >= 11 is 0. The number of aryl methyl sites for hydroxylation is 2. The fourth-order valence-electron chi connectivity index (χ4n) is 3.23. The third-order valence-electron chi connectivity index (χ3n) is 4.37. The number of hydrogen-bond acceptors (Lipinski definition) is 3. The van der Waals surface area contributed by atoms with Crippen LogP contribution in [0.15, 0.2) is 30.5 Å². The molecule has 0 saturated carbocycles. The van der Waals surface area contributed by atoms with Gasteiger partial charge in [-0.3, -0.25) is 4.79 Å². The molecule has 1 aromatic heterocycles. The number of hydrogen-bond donors (Lipinski definition) is 2. The Hall–Kier alpha value is -2.62. The molecule has 0 fully saturated rings. The van der Waals surface area contributed by atoms with Gasteiger partial charge in [-0.1, -0.05) is 0 Å². The van der Waals surface area contributed by atoms with Gasteiger partial charge in [-0.25, -0.2) is 4.98 Å². The van der Waals surface area contributed by atoms with Crippen LogP contribution >= 0.6 is 0 Å². The smallest absolute Gasteiger partial charge is 0.257 e. The van der Waals surface area contributed by atoms with Crippen LogP contribution in [0, 0.1) is 0 Å². The quantitative estimate of drug-likeness (QED) is 0.794. The molecule has 22 heavy (non-hydrogen) atoms. The lowest BCUT2D eigenvalue weighted by Crippen LogP contribution is -2.05. The average Bonchev–Trinajstić information content (AvgIpc) is 2.84. The third kappa shape index (κ3) is 2.08. The molecule has 2 aromatic rings. The van der Waals surface area contributed by atoms with Crippen LogP contribution in [-0.4, -0.2) is 16.0 Å². The number of phenols is 1. The fourth-order valence-corrected chi connectivity index (χ4v) is 3.23. The molecule has 4 nitrogen and oxygen atoms in total. The molecule has 0 spiro atoms. The van der Waals surface area contributed by atoms with Crippen molar-refractivity contribution in [3.05, 3.63) is 52.7 Å². The molecule has 110 valence electrons. The predicted octanol–water partition coefficient (Wildman–Crippen LogP) is 3.16. The van der Waals surface area contributed by atoms with E-state index in [0.29, 0.717) is 17.0 Å². The van der Waals surface area contributed by atoms with E-state index >= 15 is 0 Å². The maximum atomic E-state index is 12.1. The minimum atomic E-state index is -0.175. The summed E-state index contributed by atoms with van der Waals surface area (Å²) in [4.78, 5) is 16.3. The van der Waals surface area contributed by atoms with Crippen LogP contribution in [0.4, 0.5) is 5.82 Å². The van der Waals surface area contributed by atoms with E-state index in [1.807, 2.05) is 18.2 Å². The summed E-state index contributed by atoms with van der Waals surface area (Å²) in [5, 5.41) is 13.0. The Morgan fingerprint density at radius 2 is 1.95 bits per heavy atom. The topological polar surface area (TPSA) is 62.2 Å². The molecule has 4 rings (SSSR count). The SMILES string of the molecule is O=C1Nc2ncccc2C1=Cc1cc2c(cc1O)CCCC2. The first kappa shape index (κ1) is 13.1. The van der Waals surface area contributed by atoms with Gasteiger partial charge in [-0.15, -0.1) is 0 Å². The second-order valence-electron chi connectivity index (χ2n) is 5.80. The van der Waals surface area contributed by atoms with Gasteiger partial charge in [0.05, 0.1) is 5.57 Å². The first-order valence-corrected chi connectivity index (χ1v) is 7.55. The van der Waals surface area contributed by atoms with Gasteiger partial charge in [-0.05, 0) is 67.2 Å². The Kier molecular flexibility index (Phi) is 2.96. The number of aromatic nitrogens is 1. The average molecular weight is 292 g/mol. The van der Waals surface area contributed by atoms with Crippen molar-refractivity contribution in [2.45, 2.75) is 25.7 Å². The number of amides is 1. The Bertz CT molecular complexity index is 809. The van der Waals surface area contributed by atoms with E-state index in [1.54, 1.807) is 18.3 Å². The van der Waals surface area contributed by atoms with Gasteiger partial charge in [0.25, 0.3) is 5.91 Å². The predicted molar refractivity (Wildman–Crippen MR) is 85.5 cm³/mol. The number of phenolic OH excluding ortho intramolecular Hbond substituents is 1. The van der Waals surface area contributed by atoms with Gasteiger partial charge in [-0.2, -0.15) is 0 Å². The maximum Gasteiger partial charge on any atom is 0.257 e. The second kappa shape index (κ2) is 4.98. The van der Waals surface area contributed by atoms with Crippen molar-refractivity contribution in [3.8, 4) is 5.75 Å². The zero-order valence-corrected chi connectivity index (χ0v) is 12.1. The normalized spacial score (nSPS) is 18.0. The monoisotopic (exact) mass is 292 g/mol. The lowest BCUT2D eigenvalue weighted by molar-refractivity contribution is -0.110. The maximum absolute atomic E-state index is 12.1. The van der Waals surface area contributed by atoms with Gasteiger partial charge in [0.1, 0.15) is 11.6 Å². The summed E-state index contributed by atoms with van der Waals surface area (Å²) in [7, 11) is 0. The van der Waals surface area contributed by atoms with Crippen LogP contribution in [0.1, 0.15) is 35.1 Å². The Morgan fingerprint density at radius 3 is 2.77 bits per heavy atom. The van der Waals surface area contributed by atoms with Crippen LogP contribution in [0.2, 0.25) is 0 Å². The molecule has 4 heteroatoms. The van der Waals surface area contributed by atoms with Crippen LogP contribution in [0.25, 0.3) is 11.6 Å². The van der Waals surface area contributed by atoms with Crippen LogP contribution < -0.4 is 5.32 Å². The molecule has 1 aliphatic carbocycles. The number of benzene rings is 1. The van der Waals surface area contributed by atoms with Crippen molar-refractivity contribution in [2.24, 2.45) is 0 Å². The van der Waals surface area contributed by atoms with Crippen molar-refractivity contribution >= 4 is 23.4 Å². The van der Waals surface area contributed by atoms with E-state index in [2.05, 4.69) is 10.3 Å². The minimum Gasteiger partial charge on any atom is -0.507 e. The van der Waals surface area contributed by atoms with Gasteiger partial charge in [0.2, 0.25) is 0 Å². The fraction of sp³-hybridized carbons (Fsp3) is 0.222. The molecular formula is C18H16N2O2. The highest BCUT2D eigenvalue weighted by Crippen LogP contribution is 2.34. The van der Waals surface area contributed by atoms with Crippen molar-refractivity contribution in [1.29, 1.82) is 0 Å². The van der Waals surface area contributed by atoms with Crippen molar-refractivity contribution < 1.29 is 9.90 Å². The first-order valence-electron chi connectivity index (χ1n) is 7.55. The van der Waals surface area contributed by atoms with Crippen LogP contribution in [0.3, 0.4) is 0 Å². The molecule has 0 radical (unpaired) electrons. The second-order valence-corrected chi connectivity index (χ2v) is 5.80. The number of fused-ring (bicyclic) bond motifs is 2. The van der Waals surface area contributed by atoms with E-state index in [9.17, 15) is 9.90 Å². The summed E-state index contributed by atoms with van der Waals surface area (Å²) in [6.45, 7) is 0. The molecule has 2 heterocycles. The van der Waals surface area contributed by atoms with E-state index in [4.69, 9.17) is 0 Å². The third-order valence-corrected chi connectivity index (χ3v) is 4.37. The number of pyridine rings is 1. The largest absolute Gasteiger partial charge is 0.507 e. The molecule has 0 saturated heterocycles. The van der Waals surface area contributed by atoms with Crippen LogP contribution in [0.5, 0.6) is 5.75 Å². The standard InChI is InChI=1S/C18H16N2O2/c21-16-10-12-5-2-1-4-11(12)8-13(16)9-15-14-6-3-7-19-17(14)20-18(15)22/h3,6-10,21H,1-2,4-5H2,(H,19,20,22). The number of carbonyl (C=O) groups excluding carboxylic acids is 1. The summed E-state index contributed by atoms with van der Waals surface area (Å²) in [5.41, 5.74) is 4.53. The number of aromatic hydroxyl groups is 1. The van der Waals surface area contributed by atoms with Crippen molar-refractivity contribution in [2.75, 3.05) is 5.32 Å². The number of nitrogens with one attached hydrogen (secondary N) is 1. The molecule has 1 aliphatic heterocycles. The number of carbonyl (C=O) groups is 1. The number of rotatable bonds is 1. The zero-order valence-electron chi connectivity index (χ0n) is 12.1. The minimum absolute atomic E-state index is 0.175. The van der Waals surface area contributed by atoms with Gasteiger partial charge < -0.3 is 10.4 Å². The van der Waals surface area contributed by atoms with E-state index in [0.717, 1.165) is 18.4 Å². The molecule has 1 aromatic carbocycles. The molecular weight excluding hydrogens is 276 g/mol. The van der Waals surface area contributed by atoms with Crippen LogP contribution in [-0.2, 0) is 17.6 Å². The lowest BCUT2D eigenvalue weighted by atomic mass is 9.89. The highest BCUT2D eigenvalue weighted by Gasteiger charge is 2.25. The van der Waals surface area contributed by atoms with Gasteiger partial charge in [0.15, 0.2) is 0 Å². The number of nitrogens with zero attached hydrogens (tertiary/aromatic N) is 1. The Morgan fingerprint density at radius 1 is 1.18 bits per heavy atom. The lowest BCUT2D eigenvalue weighted by Gasteiger charge is -2.17. The van der Waals surface area contributed by atoms with E-state index < -0.39 is 0 Å². The summed E-state index contributed by atoms with van der Waals surface area (Å²) in [5.74, 6) is 0.639. The summed E-state index contributed by atoms with van der Waals surface area (Å²) in [6, 6.07) is 7.53. The van der Waals surface area contributed by atoms with Gasteiger partial charge in [0, 0.05) is 17.3 Å². The van der Waals surface area contributed by atoms with Crippen molar-refractivity contribution in [1.82, 2.24) is 4.98 Å². The molecule has 0 atom stereocenters.